The van der Waals surface area contributed by atoms with Gasteiger partial charge in [-0.2, -0.15) is 0 Å². The van der Waals surface area contributed by atoms with Gasteiger partial charge in [0, 0.05) is 49.5 Å². The summed E-state index contributed by atoms with van der Waals surface area (Å²) in [5.74, 6) is -0.816. The van der Waals surface area contributed by atoms with Crippen molar-refractivity contribution in [1.29, 1.82) is 0 Å². The first-order chi connectivity index (χ1) is 18.9. The van der Waals surface area contributed by atoms with Gasteiger partial charge in [0.25, 0.3) is 5.91 Å². The van der Waals surface area contributed by atoms with Crippen LogP contribution in [0, 0.1) is 11.6 Å². The summed E-state index contributed by atoms with van der Waals surface area (Å²) in [6.07, 6.45) is 3.85. The maximum absolute atomic E-state index is 14.2. The Morgan fingerprint density at radius 3 is 2.64 bits per heavy atom. The Bertz CT molecular complexity index is 1440. The molecule has 6 rings (SSSR count). The van der Waals surface area contributed by atoms with Crippen molar-refractivity contribution in [2.45, 2.75) is 31.7 Å². The van der Waals surface area contributed by atoms with Gasteiger partial charge in [0.1, 0.15) is 23.6 Å². The van der Waals surface area contributed by atoms with Crippen LogP contribution < -0.4 is 19.9 Å². The van der Waals surface area contributed by atoms with Crippen LogP contribution in [0.25, 0.3) is 0 Å². The number of benzene rings is 2. The van der Waals surface area contributed by atoms with E-state index < -0.39 is 11.6 Å². The summed E-state index contributed by atoms with van der Waals surface area (Å²) in [5.41, 5.74) is 2.64. The molecule has 11 heteroatoms. The van der Waals surface area contributed by atoms with E-state index in [0.29, 0.717) is 31.1 Å². The molecular formula is C28H28F2N6O3. The van der Waals surface area contributed by atoms with Crippen LogP contribution in [0.3, 0.4) is 0 Å². The fourth-order valence-electron chi connectivity index (χ4n) is 5.71. The van der Waals surface area contributed by atoms with Crippen LogP contribution in [0.1, 0.15) is 34.5 Å². The molecule has 3 aliphatic heterocycles. The smallest absolute Gasteiger partial charge is 0.322 e. The molecule has 0 bridgehead atoms. The Balaban J connectivity index is 1.11. The number of rotatable bonds is 4. The van der Waals surface area contributed by atoms with Crippen molar-refractivity contribution in [3.05, 3.63) is 71.2 Å². The van der Waals surface area contributed by atoms with Crippen LogP contribution in [-0.2, 0) is 12.8 Å². The Morgan fingerprint density at radius 2 is 1.85 bits per heavy atom. The van der Waals surface area contributed by atoms with E-state index >= 15 is 0 Å². The standard InChI is InChI=1S/C28H28F2N6O3/c1-39-19-2-4-22-17(14-19)6-12-35(28(38)33-22)18-7-10-34(11-8-18)25-15-23(31-16-32-25)27(37)36-13-9-20-24(36)5-3-21(29)26(20)30/h2-5,14-16,18H,6-13H2,1H3,(H,33,38). The third-order valence-electron chi connectivity index (χ3n) is 7.83. The normalized spacial score (nSPS) is 17.4. The third-order valence-corrected chi connectivity index (χ3v) is 7.83. The van der Waals surface area contributed by atoms with Crippen LogP contribution in [0.4, 0.5) is 30.8 Å². The number of amides is 3. The zero-order valence-electron chi connectivity index (χ0n) is 21.5. The van der Waals surface area contributed by atoms with Crippen molar-refractivity contribution < 1.29 is 23.1 Å². The molecule has 0 spiro atoms. The van der Waals surface area contributed by atoms with Gasteiger partial charge in [-0.15, -0.1) is 0 Å². The van der Waals surface area contributed by atoms with Gasteiger partial charge in [-0.3, -0.25) is 4.79 Å². The number of piperidine rings is 1. The highest BCUT2D eigenvalue weighted by Gasteiger charge is 2.32. The van der Waals surface area contributed by atoms with Crippen LogP contribution in [0.2, 0.25) is 0 Å². The van der Waals surface area contributed by atoms with Crippen molar-refractivity contribution in [3.63, 3.8) is 0 Å². The second kappa shape index (κ2) is 10.1. The van der Waals surface area contributed by atoms with E-state index in [1.165, 1.54) is 17.3 Å². The molecule has 0 saturated carbocycles. The monoisotopic (exact) mass is 534 g/mol. The first-order valence-electron chi connectivity index (χ1n) is 13.0. The number of hydrogen-bond acceptors (Lipinski definition) is 6. The topological polar surface area (TPSA) is 90.9 Å². The number of methoxy groups -OCH3 is 1. The summed E-state index contributed by atoms with van der Waals surface area (Å²) < 4.78 is 33.1. The van der Waals surface area contributed by atoms with Gasteiger partial charge in [0.15, 0.2) is 11.6 Å². The van der Waals surface area contributed by atoms with E-state index in [1.54, 1.807) is 13.2 Å². The highest BCUT2D eigenvalue weighted by atomic mass is 19.2. The minimum Gasteiger partial charge on any atom is -0.497 e. The molecule has 1 aromatic heterocycles. The summed E-state index contributed by atoms with van der Waals surface area (Å²) in [6.45, 7) is 2.20. The number of carbonyl (C=O) groups excluding carboxylic acids is 2. The average molecular weight is 535 g/mol. The Labute approximate surface area is 224 Å². The van der Waals surface area contributed by atoms with Crippen molar-refractivity contribution >= 4 is 29.1 Å². The van der Waals surface area contributed by atoms with E-state index in [1.807, 2.05) is 23.1 Å². The summed E-state index contributed by atoms with van der Waals surface area (Å²) in [7, 11) is 1.63. The first-order valence-corrected chi connectivity index (χ1v) is 13.0. The molecule has 1 N–H and O–H groups in total. The number of aromatic nitrogens is 2. The van der Waals surface area contributed by atoms with E-state index in [4.69, 9.17) is 4.74 Å². The van der Waals surface area contributed by atoms with Crippen molar-refractivity contribution in [2.75, 3.05) is 48.4 Å². The number of nitrogens with zero attached hydrogens (tertiary/aromatic N) is 5. The number of fused-ring (bicyclic) bond motifs is 2. The molecule has 0 unspecified atom stereocenters. The van der Waals surface area contributed by atoms with Gasteiger partial charge >= 0.3 is 6.03 Å². The maximum Gasteiger partial charge on any atom is 0.322 e. The van der Waals surface area contributed by atoms with Gasteiger partial charge in [-0.25, -0.2) is 23.5 Å². The van der Waals surface area contributed by atoms with E-state index in [2.05, 4.69) is 20.2 Å². The number of carbonyl (C=O) groups is 2. The maximum atomic E-state index is 14.2. The van der Waals surface area contributed by atoms with Crippen LogP contribution in [0.5, 0.6) is 5.75 Å². The molecule has 0 atom stereocenters. The molecule has 2 aromatic carbocycles. The molecule has 4 heterocycles. The second-order valence-electron chi connectivity index (χ2n) is 9.94. The minimum atomic E-state index is -0.918. The number of anilines is 3. The van der Waals surface area contributed by atoms with Crippen molar-refractivity contribution in [2.24, 2.45) is 0 Å². The summed E-state index contributed by atoms with van der Waals surface area (Å²) in [5, 5.41) is 3.04. The van der Waals surface area contributed by atoms with Gasteiger partial charge in [-0.1, -0.05) is 0 Å². The molecule has 3 aromatic rings. The predicted octanol–water partition coefficient (Wildman–Crippen LogP) is 4.03. The Kier molecular flexibility index (Phi) is 6.49. The molecular weight excluding hydrogens is 506 g/mol. The zero-order chi connectivity index (χ0) is 27.1. The lowest BCUT2D eigenvalue weighted by molar-refractivity contribution is 0.0984. The number of nitrogens with one attached hydrogen (secondary N) is 1. The minimum absolute atomic E-state index is 0.0804. The third kappa shape index (κ3) is 4.62. The van der Waals surface area contributed by atoms with Gasteiger partial charge in [0.2, 0.25) is 0 Å². The molecule has 3 aliphatic rings. The fourth-order valence-corrected chi connectivity index (χ4v) is 5.71. The molecule has 9 nitrogen and oxygen atoms in total. The molecule has 1 fully saturated rings. The lowest BCUT2D eigenvalue weighted by Gasteiger charge is -2.38. The Hall–Kier alpha value is -4.28. The number of ether oxygens (including phenoxy) is 1. The van der Waals surface area contributed by atoms with E-state index in [9.17, 15) is 18.4 Å². The van der Waals surface area contributed by atoms with Gasteiger partial charge < -0.3 is 24.8 Å². The molecule has 1 saturated heterocycles. The predicted molar refractivity (Wildman–Crippen MR) is 141 cm³/mol. The molecule has 3 amide bonds. The lowest BCUT2D eigenvalue weighted by Crippen LogP contribution is -2.49. The molecule has 0 radical (unpaired) electrons. The second-order valence-corrected chi connectivity index (χ2v) is 9.94. The number of hydrogen-bond donors (Lipinski definition) is 1. The quantitative estimate of drug-likeness (QED) is 0.544. The molecule has 39 heavy (non-hydrogen) atoms. The summed E-state index contributed by atoms with van der Waals surface area (Å²) in [6, 6.07) is 9.77. The highest BCUT2D eigenvalue weighted by Crippen LogP contribution is 2.33. The lowest BCUT2D eigenvalue weighted by atomic mass is 10.0. The zero-order valence-corrected chi connectivity index (χ0v) is 21.5. The van der Waals surface area contributed by atoms with Crippen LogP contribution >= 0.6 is 0 Å². The summed E-state index contributed by atoms with van der Waals surface area (Å²) in [4.78, 5) is 40.2. The van der Waals surface area contributed by atoms with Crippen LogP contribution in [0.15, 0.2) is 42.7 Å². The average Bonchev–Trinajstić information content (AvgIpc) is 3.33. The summed E-state index contributed by atoms with van der Waals surface area (Å²) >= 11 is 0. The molecule has 202 valence electrons. The Morgan fingerprint density at radius 1 is 1.03 bits per heavy atom. The van der Waals surface area contributed by atoms with Gasteiger partial charge in [0.05, 0.1) is 12.8 Å². The largest absolute Gasteiger partial charge is 0.497 e. The van der Waals surface area contributed by atoms with E-state index in [0.717, 1.165) is 42.3 Å². The highest BCUT2D eigenvalue weighted by molar-refractivity contribution is 6.06. The number of urea groups is 1. The fraction of sp³-hybridized carbons (Fsp3) is 0.357. The van der Waals surface area contributed by atoms with E-state index in [-0.39, 0.29) is 42.2 Å². The van der Waals surface area contributed by atoms with Crippen molar-refractivity contribution in [1.82, 2.24) is 14.9 Å². The van der Waals surface area contributed by atoms with Crippen molar-refractivity contribution in [3.8, 4) is 5.75 Å². The SMILES string of the molecule is COc1ccc2c(c1)CCN(C1CCN(c3cc(C(=O)N4CCc5c4ccc(F)c5F)ncn3)CC1)C(=O)N2. The van der Waals surface area contributed by atoms with Gasteiger partial charge in [-0.05, 0) is 61.6 Å². The first kappa shape index (κ1) is 25.0. The molecule has 0 aliphatic carbocycles. The van der Waals surface area contributed by atoms with Crippen LogP contribution in [-0.4, -0.2) is 66.1 Å². The number of halogens is 2.